The number of hydrogen-bond acceptors (Lipinski definition) is 4. The van der Waals surface area contributed by atoms with Crippen LogP contribution in [-0.4, -0.2) is 48.3 Å². The topological polar surface area (TPSA) is 61.8 Å². The summed E-state index contributed by atoms with van der Waals surface area (Å²) < 4.78 is 5.16. The molecular formula is C20H24N2O3. The van der Waals surface area contributed by atoms with Crippen molar-refractivity contribution < 1.29 is 14.6 Å². The Morgan fingerprint density at radius 2 is 2.04 bits per heavy atom. The Morgan fingerprint density at radius 1 is 1.24 bits per heavy atom. The minimum Gasteiger partial charge on any atom is -0.497 e. The largest absolute Gasteiger partial charge is 0.497 e. The maximum atomic E-state index is 12.4. The molecule has 0 saturated carbocycles. The molecule has 25 heavy (non-hydrogen) atoms. The van der Waals surface area contributed by atoms with Crippen LogP contribution < -0.4 is 10.1 Å². The van der Waals surface area contributed by atoms with E-state index in [0.29, 0.717) is 30.8 Å². The molecule has 1 amide bonds. The van der Waals surface area contributed by atoms with Crippen molar-refractivity contribution in [1.82, 2.24) is 10.2 Å². The molecule has 0 bridgehead atoms. The number of aliphatic hydroxyl groups excluding tert-OH is 1. The first-order valence-electron chi connectivity index (χ1n) is 8.54. The molecule has 0 radical (unpaired) electrons. The van der Waals surface area contributed by atoms with Crippen molar-refractivity contribution >= 4 is 5.91 Å². The molecule has 1 heterocycles. The van der Waals surface area contributed by atoms with Crippen LogP contribution in [-0.2, 0) is 6.54 Å². The number of nitrogens with one attached hydrogen (secondary N) is 1. The zero-order valence-corrected chi connectivity index (χ0v) is 14.4. The molecule has 2 aromatic rings. The van der Waals surface area contributed by atoms with Crippen molar-refractivity contribution in [3.63, 3.8) is 0 Å². The van der Waals surface area contributed by atoms with Gasteiger partial charge in [-0.25, -0.2) is 0 Å². The maximum absolute atomic E-state index is 12.4. The van der Waals surface area contributed by atoms with E-state index >= 15 is 0 Å². The number of β-amino-alcohol motifs (C(OH)–C–C–N with tert-alkyl or cyclic N) is 1. The van der Waals surface area contributed by atoms with Gasteiger partial charge in [-0.3, -0.25) is 9.69 Å². The van der Waals surface area contributed by atoms with E-state index in [-0.39, 0.29) is 18.1 Å². The quantitative estimate of drug-likeness (QED) is 0.845. The van der Waals surface area contributed by atoms with Crippen LogP contribution in [0.25, 0.3) is 0 Å². The highest BCUT2D eigenvalue weighted by molar-refractivity contribution is 5.94. The summed E-state index contributed by atoms with van der Waals surface area (Å²) in [5.74, 6) is 0.537. The molecule has 1 fully saturated rings. The van der Waals surface area contributed by atoms with Gasteiger partial charge in [-0.2, -0.15) is 0 Å². The SMILES string of the molecule is COc1cccc(C(=O)NCC2CC(O)CN2Cc2ccccc2)c1. The molecule has 0 aromatic heterocycles. The summed E-state index contributed by atoms with van der Waals surface area (Å²) in [6.45, 7) is 1.92. The highest BCUT2D eigenvalue weighted by atomic mass is 16.5. The number of hydrogen-bond donors (Lipinski definition) is 2. The first kappa shape index (κ1) is 17.5. The molecule has 2 N–H and O–H groups in total. The third-order valence-electron chi connectivity index (χ3n) is 4.56. The van der Waals surface area contributed by atoms with Gasteiger partial charge in [-0.05, 0) is 30.2 Å². The van der Waals surface area contributed by atoms with E-state index in [1.807, 2.05) is 24.3 Å². The summed E-state index contributed by atoms with van der Waals surface area (Å²) in [6, 6.07) is 17.4. The van der Waals surface area contributed by atoms with Crippen LogP contribution in [0.5, 0.6) is 5.75 Å². The average molecular weight is 340 g/mol. The lowest BCUT2D eigenvalue weighted by molar-refractivity contribution is 0.0939. The van der Waals surface area contributed by atoms with E-state index in [0.717, 1.165) is 6.54 Å². The van der Waals surface area contributed by atoms with Crippen molar-refractivity contribution in [2.75, 3.05) is 20.2 Å². The van der Waals surface area contributed by atoms with E-state index in [9.17, 15) is 9.90 Å². The lowest BCUT2D eigenvalue weighted by Crippen LogP contribution is -2.39. The monoisotopic (exact) mass is 340 g/mol. The number of carbonyl (C=O) groups excluding carboxylic acids is 1. The van der Waals surface area contributed by atoms with Gasteiger partial charge in [0.1, 0.15) is 5.75 Å². The standard InChI is InChI=1S/C20H24N2O3/c1-25-19-9-5-8-16(10-19)20(24)21-12-17-11-18(23)14-22(17)13-15-6-3-2-4-7-15/h2-10,17-18,23H,11-14H2,1H3,(H,21,24). The smallest absolute Gasteiger partial charge is 0.251 e. The van der Waals surface area contributed by atoms with E-state index in [4.69, 9.17) is 4.74 Å². The Morgan fingerprint density at radius 3 is 2.80 bits per heavy atom. The average Bonchev–Trinajstić information content (AvgIpc) is 2.99. The predicted octanol–water partition coefficient (Wildman–Crippen LogP) is 2.06. The number of nitrogens with zero attached hydrogens (tertiary/aromatic N) is 1. The fourth-order valence-electron chi connectivity index (χ4n) is 3.26. The lowest BCUT2D eigenvalue weighted by Gasteiger charge is -2.24. The molecule has 2 aromatic carbocycles. The van der Waals surface area contributed by atoms with Gasteiger partial charge in [0.05, 0.1) is 13.2 Å². The molecule has 1 aliphatic rings. The van der Waals surface area contributed by atoms with E-state index < -0.39 is 0 Å². The molecule has 2 atom stereocenters. The second-order valence-electron chi connectivity index (χ2n) is 6.40. The zero-order valence-electron chi connectivity index (χ0n) is 14.4. The molecule has 1 saturated heterocycles. The summed E-state index contributed by atoms with van der Waals surface area (Å²) in [5.41, 5.74) is 1.79. The molecule has 0 aliphatic carbocycles. The Balaban J connectivity index is 1.59. The van der Waals surface area contributed by atoms with E-state index in [1.54, 1.807) is 25.3 Å². The van der Waals surface area contributed by atoms with Crippen LogP contribution in [0.3, 0.4) is 0 Å². The normalized spacial score (nSPS) is 20.4. The Kier molecular flexibility index (Phi) is 5.68. The van der Waals surface area contributed by atoms with Crippen LogP contribution >= 0.6 is 0 Å². The van der Waals surface area contributed by atoms with E-state index in [2.05, 4.69) is 22.3 Å². The third-order valence-corrected chi connectivity index (χ3v) is 4.56. The first-order chi connectivity index (χ1) is 12.2. The van der Waals surface area contributed by atoms with Gasteiger partial charge >= 0.3 is 0 Å². The number of benzene rings is 2. The third kappa shape index (κ3) is 4.59. The first-order valence-corrected chi connectivity index (χ1v) is 8.54. The lowest BCUT2D eigenvalue weighted by atomic mass is 10.1. The van der Waals surface area contributed by atoms with Crippen molar-refractivity contribution in [2.24, 2.45) is 0 Å². The minimum absolute atomic E-state index is 0.125. The molecule has 1 aliphatic heterocycles. The van der Waals surface area contributed by atoms with Gasteiger partial charge in [-0.15, -0.1) is 0 Å². The summed E-state index contributed by atoms with van der Waals surface area (Å²) in [5, 5.41) is 13.0. The number of amides is 1. The molecule has 132 valence electrons. The summed E-state index contributed by atoms with van der Waals surface area (Å²) >= 11 is 0. The Bertz CT molecular complexity index is 705. The molecule has 5 nitrogen and oxygen atoms in total. The minimum atomic E-state index is -0.345. The summed E-state index contributed by atoms with van der Waals surface area (Å²) in [7, 11) is 1.58. The van der Waals surface area contributed by atoms with E-state index in [1.165, 1.54) is 5.56 Å². The van der Waals surface area contributed by atoms with Gasteiger partial charge < -0.3 is 15.2 Å². The van der Waals surface area contributed by atoms with Gasteiger partial charge in [-0.1, -0.05) is 36.4 Å². The molecule has 0 spiro atoms. The number of rotatable bonds is 6. The van der Waals surface area contributed by atoms with Crippen LogP contribution in [0.4, 0.5) is 0 Å². The molecule has 2 unspecified atom stereocenters. The van der Waals surface area contributed by atoms with Gasteiger partial charge in [0.25, 0.3) is 5.91 Å². The Labute approximate surface area is 148 Å². The van der Waals surface area contributed by atoms with Crippen molar-refractivity contribution in [3.05, 3.63) is 65.7 Å². The summed E-state index contributed by atoms with van der Waals surface area (Å²) in [6.07, 6.45) is 0.327. The van der Waals surface area contributed by atoms with Crippen molar-refractivity contribution in [2.45, 2.75) is 25.1 Å². The maximum Gasteiger partial charge on any atom is 0.251 e. The van der Waals surface area contributed by atoms with Gasteiger partial charge in [0.15, 0.2) is 0 Å². The van der Waals surface area contributed by atoms with Crippen molar-refractivity contribution in [1.29, 1.82) is 0 Å². The highest BCUT2D eigenvalue weighted by Crippen LogP contribution is 2.20. The van der Waals surface area contributed by atoms with Gasteiger partial charge in [0.2, 0.25) is 0 Å². The number of carbonyl (C=O) groups is 1. The second-order valence-corrected chi connectivity index (χ2v) is 6.40. The fraction of sp³-hybridized carbons (Fsp3) is 0.350. The van der Waals surface area contributed by atoms with Crippen LogP contribution in [0.1, 0.15) is 22.3 Å². The fourth-order valence-corrected chi connectivity index (χ4v) is 3.26. The molecule has 3 rings (SSSR count). The van der Waals surface area contributed by atoms with Crippen LogP contribution in [0.15, 0.2) is 54.6 Å². The highest BCUT2D eigenvalue weighted by Gasteiger charge is 2.31. The van der Waals surface area contributed by atoms with Crippen LogP contribution in [0, 0.1) is 0 Å². The summed E-state index contributed by atoms with van der Waals surface area (Å²) in [4.78, 5) is 14.6. The number of aliphatic hydroxyl groups is 1. The number of ether oxygens (including phenoxy) is 1. The number of methoxy groups -OCH3 is 1. The molecular weight excluding hydrogens is 316 g/mol. The predicted molar refractivity (Wildman–Crippen MR) is 96.6 cm³/mol. The molecule has 5 heteroatoms. The van der Waals surface area contributed by atoms with Crippen LogP contribution in [0.2, 0.25) is 0 Å². The van der Waals surface area contributed by atoms with Gasteiger partial charge in [0, 0.05) is 31.2 Å². The second kappa shape index (κ2) is 8.14. The number of likely N-dealkylation sites (tertiary alicyclic amines) is 1. The van der Waals surface area contributed by atoms with Crippen molar-refractivity contribution in [3.8, 4) is 5.75 Å². The Hall–Kier alpha value is -2.37. The zero-order chi connectivity index (χ0) is 17.6.